The molecule has 0 radical (unpaired) electrons. The fraction of sp³-hybridized carbons (Fsp3) is 0.136. The molecular formula is C22H16F3N3O2. The zero-order chi connectivity index (χ0) is 21.1. The number of rotatable bonds is 6. The summed E-state index contributed by atoms with van der Waals surface area (Å²) < 4.78 is 50.6. The summed E-state index contributed by atoms with van der Waals surface area (Å²) in [5, 5.41) is 6.86. The number of benzene rings is 2. The molecule has 0 fully saturated rings. The molecule has 0 aliphatic heterocycles. The second-order valence-corrected chi connectivity index (χ2v) is 6.60. The molecule has 2 aromatic heterocycles. The molecule has 0 bridgehead atoms. The molecule has 2 aromatic carbocycles. The van der Waals surface area contributed by atoms with Gasteiger partial charge in [0.1, 0.15) is 23.9 Å². The maximum absolute atomic E-state index is 14.3. The minimum atomic E-state index is -2.91. The number of halogens is 3. The van der Waals surface area contributed by atoms with E-state index in [1.807, 2.05) is 31.2 Å². The van der Waals surface area contributed by atoms with E-state index >= 15 is 0 Å². The van der Waals surface area contributed by atoms with Crippen LogP contribution < -0.4 is 4.74 Å². The SMILES string of the molecule is Cc1ccc(COc2cccnc2-c2cc(F)cc(-c3nnc(C(F)F)o3)c2)cc1. The lowest BCUT2D eigenvalue weighted by Crippen LogP contribution is -1.98. The maximum atomic E-state index is 14.3. The summed E-state index contributed by atoms with van der Waals surface area (Å²) in [6, 6.07) is 15.3. The first-order valence-electron chi connectivity index (χ1n) is 9.06. The zero-order valence-corrected chi connectivity index (χ0v) is 15.8. The summed E-state index contributed by atoms with van der Waals surface area (Å²) in [5.74, 6) is -1.18. The third-order valence-electron chi connectivity index (χ3n) is 4.33. The highest BCUT2D eigenvalue weighted by molar-refractivity contribution is 5.71. The van der Waals surface area contributed by atoms with Gasteiger partial charge in [-0.1, -0.05) is 29.8 Å². The van der Waals surface area contributed by atoms with E-state index < -0.39 is 18.1 Å². The number of alkyl halides is 2. The van der Waals surface area contributed by atoms with E-state index in [0.29, 0.717) is 23.6 Å². The van der Waals surface area contributed by atoms with Crippen LogP contribution in [-0.4, -0.2) is 15.2 Å². The second kappa shape index (κ2) is 8.36. The summed E-state index contributed by atoms with van der Waals surface area (Å²) >= 11 is 0. The van der Waals surface area contributed by atoms with E-state index in [1.165, 1.54) is 12.1 Å². The third kappa shape index (κ3) is 4.32. The fourth-order valence-electron chi connectivity index (χ4n) is 2.86. The number of hydrogen-bond acceptors (Lipinski definition) is 5. The predicted octanol–water partition coefficient (Wildman–Crippen LogP) is 5.76. The normalized spacial score (nSPS) is 11.1. The first-order chi connectivity index (χ1) is 14.5. The average molecular weight is 411 g/mol. The molecule has 0 saturated heterocycles. The Bertz CT molecular complexity index is 1160. The Morgan fingerprint density at radius 2 is 1.77 bits per heavy atom. The quantitative estimate of drug-likeness (QED) is 0.404. The Kier molecular flexibility index (Phi) is 5.47. The Labute approximate surface area is 170 Å². The summed E-state index contributed by atoms with van der Waals surface area (Å²) in [4.78, 5) is 4.31. The van der Waals surface area contributed by atoms with E-state index in [-0.39, 0.29) is 11.5 Å². The molecule has 30 heavy (non-hydrogen) atoms. The van der Waals surface area contributed by atoms with Crippen LogP contribution in [0, 0.1) is 12.7 Å². The molecule has 5 nitrogen and oxygen atoms in total. The second-order valence-electron chi connectivity index (χ2n) is 6.60. The Hall–Kier alpha value is -3.68. The van der Waals surface area contributed by atoms with Crippen molar-refractivity contribution in [1.29, 1.82) is 0 Å². The summed E-state index contributed by atoms with van der Waals surface area (Å²) in [6.45, 7) is 2.31. The first kappa shape index (κ1) is 19.6. The molecule has 0 unspecified atom stereocenters. The molecule has 2 heterocycles. The molecule has 4 rings (SSSR count). The van der Waals surface area contributed by atoms with Crippen LogP contribution >= 0.6 is 0 Å². The molecular weight excluding hydrogens is 395 g/mol. The monoisotopic (exact) mass is 411 g/mol. The number of ether oxygens (including phenoxy) is 1. The van der Waals surface area contributed by atoms with Gasteiger partial charge >= 0.3 is 6.43 Å². The molecule has 0 atom stereocenters. The van der Waals surface area contributed by atoms with Crippen LogP contribution in [0.25, 0.3) is 22.7 Å². The zero-order valence-electron chi connectivity index (χ0n) is 15.8. The smallest absolute Gasteiger partial charge is 0.314 e. The van der Waals surface area contributed by atoms with Gasteiger partial charge in [0.15, 0.2) is 0 Å². The van der Waals surface area contributed by atoms with Crippen molar-refractivity contribution in [1.82, 2.24) is 15.2 Å². The van der Waals surface area contributed by atoms with Crippen molar-refractivity contribution < 1.29 is 22.3 Å². The molecule has 152 valence electrons. The number of nitrogens with zero attached hydrogens (tertiary/aromatic N) is 3. The van der Waals surface area contributed by atoms with Gasteiger partial charge in [-0.15, -0.1) is 10.2 Å². The van der Waals surface area contributed by atoms with E-state index in [0.717, 1.165) is 17.2 Å². The lowest BCUT2D eigenvalue weighted by atomic mass is 10.1. The van der Waals surface area contributed by atoms with Crippen molar-refractivity contribution in [2.45, 2.75) is 20.0 Å². The Morgan fingerprint density at radius 3 is 2.50 bits per heavy atom. The fourth-order valence-corrected chi connectivity index (χ4v) is 2.86. The molecule has 0 N–H and O–H groups in total. The van der Waals surface area contributed by atoms with Crippen molar-refractivity contribution in [3.8, 4) is 28.5 Å². The van der Waals surface area contributed by atoms with Crippen molar-refractivity contribution in [3.63, 3.8) is 0 Å². The molecule has 0 saturated carbocycles. The average Bonchev–Trinajstić information content (AvgIpc) is 3.24. The van der Waals surface area contributed by atoms with Gasteiger partial charge in [-0.25, -0.2) is 4.39 Å². The van der Waals surface area contributed by atoms with Gasteiger partial charge in [-0.3, -0.25) is 4.98 Å². The van der Waals surface area contributed by atoms with Crippen LogP contribution in [0.1, 0.15) is 23.4 Å². The number of aromatic nitrogens is 3. The number of pyridine rings is 1. The topological polar surface area (TPSA) is 61.0 Å². The Balaban J connectivity index is 1.65. The molecule has 8 heteroatoms. The standard InChI is InChI=1S/C22H16F3N3O2/c1-13-4-6-14(7-5-13)12-29-18-3-2-8-26-19(18)15-9-16(11-17(23)10-15)21-27-28-22(30-21)20(24)25/h2-11,20H,12H2,1H3. The summed E-state index contributed by atoms with van der Waals surface area (Å²) in [7, 11) is 0. The van der Waals surface area contributed by atoms with Crippen molar-refractivity contribution in [2.75, 3.05) is 0 Å². The first-order valence-corrected chi connectivity index (χ1v) is 9.06. The maximum Gasteiger partial charge on any atom is 0.314 e. The van der Waals surface area contributed by atoms with Crippen LogP contribution in [0.15, 0.2) is 65.2 Å². The minimum absolute atomic E-state index is 0.166. The summed E-state index contributed by atoms with van der Waals surface area (Å²) in [5.41, 5.74) is 3.07. The van der Waals surface area contributed by atoms with Crippen LogP contribution in [0.2, 0.25) is 0 Å². The highest BCUT2D eigenvalue weighted by atomic mass is 19.3. The molecule has 0 aliphatic rings. The van der Waals surface area contributed by atoms with Crippen LogP contribution in [0.5, 0.6) is 5.75 Å². The van der Waals surface area contributed by atoms with E-state index in [2.05, 4.69) is 15.2 Å². The van der Waals surface area contributed by atoms with Crippen molar-refractivity contribution in [2.24, 2.45) is 0 Å². The molecule has 0 amide bonds. The molecule has 0 spiro atoms. The van der Waals surface area contributed by atoms with Gasteiger partial charge in [0.2, 0.25) is 5.89 Å². The lowest BCUT2D eigenvalue weighted by Gasteiger charge is -2.12. The molecule has 0 aliphatic carbocycles. The van der Waals surface area contributed by atoms with Gasteiger partial charge in [-0.05, 0) is 42.8 Å². The number of hydrogen-bond donors (Lipinski definition) is 0. The van der Waals surface area contributed by atoms with Gasteiger partial charge in [0.25, 0.3) is 5.89 Å². The highest BCUT2D eigenvalue weighted by Crippen LogP contribution is 2.32. The molecule has 4 aromatic rings. The highest BCUT2D eigenvalue weighted by Gasteiger charge is 2.19. The van der Waals surface area contributed by atoms with Gasteiger partial charge in [0, 0.05) is 17.3 Å². The van der Waals surface area contributed by atoms with Crippen molar-refractivity contribution in [3.05, 3.63) is 83.6 Å². The number of aryl methyl sites for hydroxylation is 1. The summed E-state index contributed by atoms with van der Waals surface area (Å²) in [6.07, 6.45) is -1.35. The van der Waals surface area contributed by atoms with E-state index in [9.17, 15) is 13.2 Å². The Morgan fingerprint density at radius 1 is 1.00 bits per heavy atom. The van der Waals surface area contributed by atoms with Crippen LogP contribution in [-0.2, 0) is 6.61 Å². The van der Waals surface area contributed by atoms with Gasteiger partial charge < -0.3 is 9.15 Å². The minimum Gasteiger partial charge on any atom is -0.487 e. The predicted molar refractivity (Wildman–Crippen MR) is 103 cm³/mol. The van der Waals surface area contributed by atoms with Crippen molar-refractivity contribution >= 4 is 0 Å². The largest absolute Gasteiger partial charge is 0.487 e. The van der Waals surface area contributed by atoms with Gasteiger partial charge in [-0.2, -0.15) is 8.78 Å². The third-order valence-corrected chi connectivity index (χ3v) is 4.33. The van der Waals surface area contributed by atoms with Gasteiger partial charge in [0.05, 0.1) is 0 Å². The lowest BCUT2D eigenvalue weighted by molar-refractivity contribution is 0.116. The van der Waals surface area contributed by atoms with Crippen LogP contribution in [0.3, 0.4) is 0 Å². The van der Waals surface area contributed by atoms with Crippen LogP contribution in [0.4, 0.5) is 13.2 Å². The van der Waals surface area contributed by atoms with E-state index in [4.69, 9.17) is 9.15 Å². The van der Waals surface area contributed by atoms with E-state index in [1.54, 1.807) is 18.3 Å².